The molecule has 0 aliphatic rings. The van der Waals surface area contributed by atoms with Crippen molar-refractivity contribution >= 4 is 24.0 Å². The molecule has 150 valence electrons. The fourth-order valence-electron chi connectivity index (χ4n) is 3.03. The number of anilines is 1. The molecule has 0 aliphatic carbocycles. The number of carbonyl (C=O) groups is 1. The molecule has 4 rings (SSSR count). The van der Waals surface area contributed by atoms with E-state index in [9.17, 15) is 4.79 Å². The lowest BCUT2D eigenvalue weighted by Crippen LogP contribution is -2.03. The zero-order valence-electron chi connectivity index (χ0n) is 16.4. The van der Waals surface area contributed by atoms with Crippen molar-refractivity contribution in [2.45, 2.75) is 13.0 Å². The SMILES string of the molecule is COc1ccc(CN=CNc2ccc(Cc3nnc4cccnn34)cc2C=O)cc1. The molecular formula is C22H20N6O2. The molecule has 2 aromatic heterocycles. The van der Waals surface area contributed by atoms with Gasteiger partial charge in [0, 0.05) is 23.9 Å². The first-order chi connectivity index (χ1) is 14.8. The molecule has 8 heteroatoms. The van der Waals surface area contributed by atoms with Crippen LogP contribution >= 0.6 is 0 Å². The minimum absolute atomic E-state index is 0.519. The first-order valence-corrected chi connectivity index (χ1v) is 9.38. The summed E-state index contributed by atoms with van der Waals surface area (Å²) in [6.45, 7) is 0.526. The Balaban J connectivity index is 1.42. The maximum Gasteiger partial charge on any atom is 0.177 e. The smallest absolute Gasteiger partial charge is 0.177 e. The number of hydrogen-bond acceptors (Lipinski definition) is 6. The van der Waals surface area contributed by atoms with Crippen molar-refractivity contribution in [2.75, 3.05) is 12.4 Å². The third-order valence-electron chi connectivity index (χ3n) is 4.59. The summed E-state index contributed by atoms with van der Waals surface area (Å²) >= 11 is 0. The van der Waals surface area contributed by atoms with Gasteiger partial charge in [-0.25, -0.2) is 0 Å². The zero-order chi connectivity index (χ0) is 20.8. The van der Waals surface area contributed by atoms with E-state index in [0.29, 0.717) is 35.7 Å². The maximum absolute atomic E-state index is 11.6. The van der Waals surface area contributed by atoms with Gasteiger partial charge in [-0.3, -0.25) is 9.79 Å². The van der Waals surface area contributed by atoms with E-state index in [2.05, 4.69) is 25.6 Å². The van der Waals surface area contributed by atoms with E-state index in [1.54, 1.807) is 24.2 Å². The van der Waals surface area contributed by atoms with E-state index in [1.807, 2.05) is 54.6 Å². The number of rotatable bonds is 8. The molecule has 0 fully saturated rings. The molecule has 1 N–H and O–H groups in total. The van der Waals surface area contributed by atoms with Gasteiger partial charge in [0.25, 0.3) is 0 Å². The van der Waals surface area contributed by atoms with E-state index < -0.39 is 0 Å². The van der Waals surface area contributed by atoms with Crippen LogP contribution in [0, 0.1) is 0 Å². The average Bonchev–Trinajstić information content (AvgIpc) is 3.20. The van der Waals surface area contributed by atoms with Gasteiger partial charge in [0.05, 0.1) is 20.0 Å². The quantitative estimate of drug-likeness (QED) is 0.277. The largest absolute Gasteiger partial charge is 0.497 e. The summed E-state index contributed by atoms with van der Waals surface area (Å²) in [5.74, 6) is 1.52. The van der Waals surface area contributed by atoms with Crippen LogP contribution in [0.3, 0.4) is 0 Å². The van der Waals surface area contributed by atoms with Crippen LogP contribution in [0.15, 0.2) is 65.8 Å². The standard InChI is InChI=1S/C22H20N6O2/c1-30-19-7-4-16(5-8-19)13-23-15-24-20-9-6-17(11-18(20)14-29)12-22-27-26-21-3-2-10-25-28(21)22/h2-11,14-15H,12-13H2,1H3,(H,23,24). The van der Waals surface area contributed by atoms with Crippen molar-refractivity contribution in [1.29, 1.82) is 0 Å². The molecule has 0 radical (unpaired) electrons. The lowest BCUT2D eigenvalue weighted by atomic mass is 10.1. The van der Waals surface area contributed by atoms with Crippen LogP contribution in [0.4, 0.5) is 5.69 Å². The van der Waals surface area contributed by atoms with Gasteiger partial charge in [-0.2, -0.15) is 9.61 Å². The number of ether oxygens (including phenoxy) is 1. The monoisotopic (exact) mass is 400 g/mol. The molecule has 0 bridgehead atoms. The predicted octanol–water partition coefficient (Wildman–Crippen LogP) is 3.18. The molecule has 0 saturated heterocycles. The highest BCUT2D eigenvalue weighted by Gasteiger charge is 2.09. The van der Waals surface area contributed by atoms with E-state index in [0.717, 1.165) is 23.2 Å². The maximum atomic E-state index is 11.6. The minimum atomic E-state index is 0.519. The summed E-state index contributed by atoms with van der Waals surface area (Å²) in [6, 6.07) is 17.0. The van der Waals surface area contributed by atoms with Crippen molar-refractivity contribution in [3.05, 3.63) is 83.3 Å². The molecule has 0 amide bonds. The van der Waals surface area contributed by atoms with Crippen LogP contribution in [0.1, 0.15) is 27.3 Å². The van der Waals surface area contributed by atoms with Crippen LogP contribution in [0.2, 0.25) is 0 Å². The molecule has 8 nitrogen and oxygen atoms in total. The van der Waals surface area contributed by atoms with Crippen molar-refractivity contribution in [2.24, 2.45) is 4.99 Å². The summed E-state index contributed by atoms with van der Waals surface area (Å²) < 4.78 is 6.84. The van der Waals surface area contributed by atoms with Crippen LogP contribution in [0.25, 0.3) is 5.65 Å². The molecule has 2 heterocycles. The van der Waals surface area contributed by atoms with Crippen LogP contribution in [-0.2, 0) is 13.0 Å². The number of nitrogens with zero attached hydrogens (tertiary/aromatic N) is 5. The number of nitrogens with one attached hydrogen (secondary N) is 1. The summed E-state index contributed by atoms with van der Waals surface area (Å²) in [7, 11) is 1.64. The topological polar surface area (TPSA) is 93.8 Å². The number of fused-ring (bicyclic) bond motifs is 1. The lowest BCUT2D eigenvalue weighted by molar-refractivity contribution is 0.112. The Morgan fingerprint density at radius 1 is 1.10 bits per heavy atom. The number of carbonyl (C=O) groups excluding carboxylic acids is 1. The van der Waals surface area contributed by atoms with Gasteiger partial charge >= 0.3 is 0 Å². The summed E-state index contributed by atoms with van der Waals surface area (Å²) in [5, 5.41) is 15.6. The summed E-state index contributed by atoms with van der Waals surface area (Å²) in [6.07, 6.45) is 4.63. The van der Waals surface area contributed by atoms with E-state index in [-0.39, 0.29) is 0 Å². The van der Waals surface area contributed by atoms with Gasteiger partial charge < -0.3 is 10.1 Å². The van der Waals surface area contributed by atoms with E-state index >= 15 is 0 Å². The summed E-state index contributed by atoms with van der Waals surface area (Å²) in [4.78, 5) is 15.9. The number of aliphatic imine (C=N–C) groups is 1. The molecule has 30 heavy (non-hydrogen) atoms. The molecule has 4 aromatic rings. The minimum Gasteiger partial charge on any atom is -0.497 e. The number of aldehydes is 1. The highest BCUT2D eigenvalue weighted by atomic mass is 16.5. The normalized spacial score (nSPS) is 11.1. The number of aromatic nitrogens is 4. The molecule has 0 aliphatic heterocycles. The van der Waals surface area contributed by atoms with Crippen molar-refractivity contribution in [1.82, 2.24) is 19.8 Å². The van der Waals surface area contributed by atoms with Crippen molar-refractivity contribution < 1.29 is 9.53 Å². The highest BCUT2D eigenvalue weighted by Crippen LogP contribution is 2.18. The Bertz CT molecular complexity index is 1180. The van der Waals surface area contributed by atoms with Gasteiger partial charge in [0.15, 0.2) is 17.8 Å². The lowest BCUT2D eigenvalue weighted by Gasteiger charge is -2.07. The van der Waals surface area contributed by atoms with Crippen LogP contribution in [0.5, 0.6) is 5.75 Å². The first kappa shape index (κ1) is 19.3. The Morgan fingerprint density at radius 2 is 1.93 bits per heavy atom. The number of methoxy groups -OCH3 is 1. The van der Waals surface area contributed by atoms with Gasteiger partial charge in [0.1, 0.15) is 5.75 Å². The molecule has 0 unspecified atom stereocenters. The van der Waals surface area contributed by atoms with Crippen LogP contribution < -0.4 is 10.1 Å². The van der Waals surface area contributed by atoms with Gasteiger partial charge in [-0.1, -0.05) is 18.2 Å². The fraction of sp³-hybridized carbons (Fsp3) is 0.136. The molecular weight excluding hydrogens is 380 g/mol. The third kappa shape index (κ3) is 4.33. The van der Waals surface area contributed by atoms with Gasteiger partial charge in [-0.15, -0.1) is 10.2 Å². The number of benzene rings is 2. The Hall–Kier alpha value is -4.07. The molecule has 0 saturated carbocycles. The average molecular weight is 400 g/mol. The van der Waals surface area contributed by atoms with Crippen molar-refractivity contribution in [3.8, 4) is 5.75 Å². The second-order valence-corrected chi connectivity index (χ2v) is 6.59. The molecule has 0 spiro atoms. The second kappa shape index (κ2) is 8.95. The summed E-state index contributed by atoms with van der Waals surface area (Å²) in [5.41, 5.74) is 3.93. The Labute approximate surface area is 173 Å². The van der Waals surface area contributed by atoms with Gasteiger partial charge in [0.2, 0.25) is 0 Å². The van der Waals surface area contributed by atoms with Gasteiger partial charge in [-0.05, 0) is 47.5 Å². The van der Waals surface area contributed by atoms with E-state index in [1.165, 1.54) is 0 Å². The Kier molecular flexibility index (Phi) is 5.75. The van der Waals surface area contributed by atoms with E-state index in [4.69, 9.17) is 4.74 Å². The zero-order valence-corrected chi connectivity index (χ0v) is 16.4. The number of hydrogen-bond donors (Lipinski definition) is 1. The van der Waals surface area contributed by atoms with Crippen molar-refractivity contribution in [3.63, 3.8) is 0 Å². The van der Waals surface area contributed by atoms with Crippen LogP contribution in [-0.4, -0.2) is 39.5 Å². The molecule has 2 aromatic carbocycles. The third-order valence-corrected chi connectivity index (χ3v) is 4.59. The first-order valence-electron chi connectivity index (χ1n) is 9.38. The fourth-order valence-corrected chi connectivity index (χ4v) is 3.03. The predicted molar refractivity (Wildman–Crippen MR) is 114 cm³/mol. The second-order valence-electron chi connectivity index (χ2n) is 6.59. The highest BCUT2D eigenvalue weighted by molar-refractivity contribution is 5.89. The molecule has 0 atom stereocenters. The Morgan fingerprint density at radius 3 is 2.73 bits per heavy atom.